The van der Waals surface area contributed by atoms with Crippen LogP contribution in [0.5, 0.6) is 5.75 Å². The number of carbonyl (C=O) groups excluding carboxylic acids is 2. The Kier molecular flexibility index (Phi) is 8.80. The first-order chi connectivity index (χ1) is 21.5. The Morgan fingerprint density at radius 1 is 1.18 bits per heavy atom. The van der Waals surface area contributed by atoms with E-state index in [4.69, 9.17) is 21.1 Å². The maximum absolute atomic E-state index is 13.4. The van der Waals surface area contributed by atoms with Crippen molar-refractivity contribution in [1.29, 1.82) is 0 Å². The van der Waals surface area contributed by atoms with Gasteiger partial charge in [-0.1, -0.05) is 23.7 Å². The molecule has 1 fully saturated rings. The molecule has 2 N–H and O–H groups in total. The van der Waals surface area contributed by atoms with Gasteiger partial charge in [-0.05, 0) is 92.5 Å². The minimum atomic E-state index is -4.15. The molecular formula is C33H41ClN4O6S. The lowest BCUT2D eigenvalue weighted by molar-refractivity contribution is -0.120. The van der Waals surface area contributed by atoms with E-state index in [1.54, 1.807) is 33.2 Å². The largest absolute Gasteiger partial charge is 0.490 e. The van der Waals surface area contributed by atoms with Crippen molar-refractivity contribution in [2.75, 3.05) is 45.2 Å². The van der Waals surface area contributed by atoms with Crippen molar-refractivity contribution in [3.8, 4) is 5.75 Å². The molecule has 45 heavy (non-hydrogen) atoms. The van der Waals surface area contributed by atoms with Crippen molar-refractivity contribution in [2.45, 2.75) is 61.5 Å². The molecule has 2 aliphatic carbocycles. The van der Waals surface area contributed by atoms with Gasteiger partial charge >= 0.3 is 6.09 Å². The van der Waals surface area contributed by atoms with Crippen LogP contribution in [0.25, 0.3) is 0 Å². The van der Waals surface area contributed by atoms with Crippen LogP contribution in [0, 0.1) is 11.8 Å². The fraction of sp³-hybridized carbons (Fsp3) is 0.515. The molecule has 0 unspecified atom stereocenters. The summed E-state index contributed by atoms with van der Waals surface area (Å²) in [6.45, 7) is 3.59. The number of amides is 2. The Hall–Kier alpha value is -3.28. The van der Waals surface area contributed by atoms with E-state index in [-0.39, 0.29) is 22.1 Å². The van der Waals surface area contributed by atoms with E-state index in [9.17, 15) is 18.0 Å². The van der Waals surface area contributed by atoms with Crippen molar-refractivity contribution in [1.82, 2.24) is 14.9 Å². The molecule has 1 spiro atoms. The first kappa shape index (κ1) is 31.7. The van der Waals surface area contributed by atoms with E-state index in [0.717, 1.165) is 32.1 Å². The van der Waals surface area contributed by atoms with E-state index in [1.165, 1.54) is 22.1 Å². The van der Waals surface area contributed by atoms with Crippen LogP contribution in [0.15, 0.2) is 53.4 Å². The maximum Gasteiger partial charge on any atom is 0.409 e. The number of ether oxygens (including phenoxy) is 2. The van der Waals surface area contributed by atoms with Crippen LogP contribution in [-0.4, -0.2) is 77.8 Å². The highest BCUT2D eigenvalue weighted by atomic mass is 35.5. The molecule has 5 atom stereocenters. The molecular weight excluding hydrogens is 616 g/mol. The normalized spacial score (nSPS) is 29.2. The molecule has 0 saturated heterocycles. The third-order valence-electron chi connectivity index (χ3n) is 9.77. The summed E-state index contributed by atoms with van der Waals surface area (Å²) in [6.07, 6.45) is 7.55. The van der Waals surface area contributed by atoms with Gasteiger partial charge < -0.3 is 24.6 Å². The fourth-order valence-corrected chi connectivity index (χ4v) is 8.38. The van der Waals surface area contributed by atoms with Gasteiger partial charge in [-0.2, -0.15) is 0 Å². The number of nitrogens with zero attached hydrogens (tertiary/aromatic N) is 2. The molecule has 0 radical (unpaired) electrons. The summed E-state index contributed by atoms with van der Waals surface area (Å²) >= 11 is 6.40. The number of aryl methyl sites for hydroxylation is 1. The Morgan fingerprint density at radius 3 is 2.76 bits per heavy atom. The highest BCUT2D eigenvalue weighted by molar-refractivity contribution is 7.90. The molecule has 4 aliphatic rings. The minimum absolute atomic E-state index is 0.00267. The molecule has 10 nitrogen and oxygen atoms in total. The number of carbonyl (C=O) groups is 2. The molecule has 2 aromatic carbocycles. The molecule has 2 aromatic rings. The summed E-state index contributed by atoms with van der Waals surface area (Å²) in [7, 11) is -0.823. The second kappa shape index (κ2) is 12.5. The lowest BCUT2D eigenvalue weighted by Crippen LogP contribution is -2.50. The number of rotatable bonds is 1. The van der Waals surface area contributed by atoms with E-state index >= 15 is 0 Å². The maximum atomic E-state index is 13.4. The summed E-state index contributed by atoms with van der Waals surface area (Å²) in [5, 5.41) is 3.74. The van der Waals surface area contributed by atoms with E-state index in [2.05, 4.69) is 21.0 Å². The van der Waals surface area contributed by atoms with Crippen LogP contribution in [0.3, 0.4) is 0 Å². The third-order valence-corrected chi connectivity index (χ3v) is 11.3. The van der Waals surface area contributed by atoms with Crippen molar-refractivity contribution < 1.29 is 27.5 Å². The highest BCUT2D eigenvalue weighted by Gasteiger charge is 2.45. The number of hydrogen-bond acceptors (Lipinski definition) is 8. The summed E-state index contributed by atoms with van der Waals surface area (Å²) in [6, 6.07) is 10.1. The van der Waals surface area contributed by atoms with Gasteiger partial charge in [0.1, 0.15) is 11.9 Å². The van der Waals surface area contributed by atoms with Gasteiger partial charge in [0.2, 0.25) is 0 Å². The zero-order valence-corrected chi connectivity index (χ0v) is 27.5. The summed E-state index contributed by atoms with van der Waals surface area (Å²) < 4.78 is 41.6. The topological polar surface area (TPSA) is 117 Å². The monoisotopic (exact) mass is 656 g/mol. The van der Waals surface area contributed by atoms with Gasteiger partial charge in [-0.15, -0.1) is 0 Å². The van der Waals surface area contributed by atoms with Crippen LogP contribution in [-0.2, 0) is 31.4 Å². The van der Waals surface area contributed by atoms with Crippen LogP contribution in [0.1, 0.15) is 43.7 Å². The molecule has 2 heterocycles. The van der Waals surface area contributed by atoms with Gasteiger partial charge in [-0.3, -0.25) is 4.79 Å². The standard InChI is InChI=1S/C33H41ClN4O6S/c1-21-31(39)36-45(41,42)25-10-13-30-28(17-25)38(19-33(20-43-30)14-4-6-22-16-24(34)9-12-27(22)33)18-23-8-11-26(23)29(7-5-15-35-21)44-32(40)37(2)3/h5,7,9-10,12-13,16-17,21,23,26,29,35H,4,6,8,11,14-15,18-20H2,1-3H3,(H,36,39)/t21-,23+,26-,29+,33+/m1/s1. The molecule has 2 amide bonds. The fourth-order valence-electron chi connectivity index (χ4n) is 7.11. The average Bonchev–Trinajstić information content (AvgIpc) is 3.13. The SMILES string of the molecule is C[C@H]1NCC=C[C@H](OC(=O)N(C)C)[C@@H]2CC[C@H]2CN2C[C@@]3(CCCc4cc(Cl)ccc43)COc3ccc(cc32)S(=O)(=O)NC1=O. The van der Waals surface area contributed by atoms with Crippen molar-refractivity contribution in [3.05, 3.63) is 64.7 Å². The highest BCUT2D eigenvalue weighted by Crippen LogP contribution is 2.47. The minimum Gasteiger partial charge on any atom is -0.490 e. The molecule has 12 heteroatoms. The molecule has 1 saturated carbocycles. The van der Waals surface area contributed by atoms with Crippen molar-refractivity contribution in [2.24, 2.45) is 11.8 Å². The molecule has 2 bridgehead atoms. The Morgan fingerprint density at radius 2 is 2.00 bits per heavy atom. The number of sulfonamides is 1. The van der Waals surface area contributed by atoms with Crippen LogP contribution >= 0.6 is 11.6 Å². The Bertz CT molecular complexity index is 1610. The van der Waals surface area contributed by atoms with Crippen molar-refractivity contribution >= 4 is 39.3 Å². The Labute approximate surface area is 270 Å². The molecule has 2 aliphatic heterocycles. The van der Waals surface area contributed by atoms with Crippen molar-refractivity contribution in [3.63, 3.8) is 0 Å². The van der Waals surface area contributed by atoms with Gasteiger partial charge in [0.15, 0.2) is 0 Å². The van der Waals surface area contributed by atoms with Crippen LogP contribution in [0.4, 0.5) is 10.5 Å². The lowest BCUT2D eigenvalue weighted by Gasteiger charge is -2.46. The predicted molar refractivity (Wildman–Crippen MR) is 172 cm³/mol. The zero-order chi connectivity index (χ0) is 31.9. The number of nitrogens with one attached hydrogen (secondary N) is 2. The molecule has 0 aromatic heterocycles. The van der Waals surface area contributed by atoms with Crippen LogP contribution in [0.2, 0.25) is 5.02 Å². The second-order valence-electron chi connectivity index (χ2n) is 13.0. The van der Waals surface area contributed by atoms with Gasteiger partial charge in [0.25, 0.3) is 15.9 Å². The predicted octanol–water partition coefficient (Wildman–Crippen LogP) is 4.26. The molecule has 242 valence electrons. The Balaban J connectivity index is 1.43. The van der Waals surface area contributed by atoms with E-state index < -0.39 is 34.2 Å². The number of fused-ring (bicyclic) bond motifs is 4. The molecule has 6 rings (SSSR count). The number of anilines is 1. The average molecular weight is 657 g/mol. The summed E-state index contributed by atoms with van der Waals surface area (Å²) in [5.41, 5.74) is 2.77. The quantitative estimate of drug-likeness (QED) is 0.438. The number of hydrogen-bond donors (Lipinski definition) is 2. The second-order valence-corrected chi connectivity index (χ2v) is 15.1. The lowest BCUT2D eigenvalue weighted by atomic mass is 9.68. The number of halogens is 1. The number of benzene rings is 2. The van der Waals surface area contributed by atoms with Gasteiger partial charge in [0.05, 0.1) is 23.2 Å². The van der Waals surface area contributed by atoms with E-state index in [1.807, 2.05) is 24.3 Å². The zero-order valence-electron chi connectivity index (χ0n) is 25.9. The third kappa shape index (κ3) is 6.39. The van der Waals surface area contributed by atoms with Crippen LogP contribution < -0.4 is 19.7 Å². The first-order valence-corrected chi connectivity index (χ1v) is 17.5. The van der Waals surface area contributed by atoms with Gasteiger partial charge in [0, 0.05) is 50.1 Å². The smallest absolute Gasteiger partial charge is 0.409 e. The van der Waals surface area contributed by atoms with E-state index in [0.29, 0.717) is 42.7 Å². The summed E-state index contributed by atoms with van der Waals surface area (Å²) in [5.74, 6) is 0.197. The van der Waals surface area contributed by atoms with Gasteiger partial charge in [-0.25, -0.2) is 17.9 Å². The first-order valence-electron chi connectivity index (χ1n) is 15.6. The summed E-state index contributed by atoms with van der Waals surface area (Å²) in [4.78, 5) is 29.3.